The highest BCUT2D eigenvalue weighted by Crippen LogP contribution is 2.75. The summed E-state index contributed by atoms with van der Waals surface area (Å²) in [5.74, 6) is 0. The van der Waals surface area contributed by atoms with Crippen molar-refractivity contribution in [3.8, 4) is 0 Å². The molecule has 2 rings (SSSR count). The molecule has 22 heavy (non-hydrogen) atoms. The van der Waals surface area contributed by atoms with Crippen LogP contribution in [-0.2, 0) is 0 Å². The average Bonchev–Trinajstić information content (AvgIpc) is 2.96. The number of hydrogen-bond donors (Lipinski definition) is 0. The minimum atomic E-state index is 0.283. The lowest BCUT2D eigenvalue weighted by atomic mass is 10.1. The van der Waals surface area contributed by atoms with Crippen molar-refractivity contribution in [1.29, 1.82) is 0 Å². The molecular formula is C20H40P2. The second-order valence-electron chi connectivity index (χ2n) is 8.90. The smallest absolute Gasteiger partial charge is 0.000374 e. The molecule has 0 aromatic heterocycles. The third-order valence-electron chi connectivity index (χ3n) is 6.22. The average molecular weight is 342 g/mol. The van der Waals surface area contributed by atoms with E-state index < -0.39 is 0 Å². The maximum absolute atomic E-state index is 2.61. The second-order valence-corrected chi connectivity index (χ2v) is 15.8. The molecular weight excluding hydrogens is 302 g/mol. The van der Waals surface area contributed by atoms with E-state index in [0.29, 0.717) is 10.3 Å². The van der Waals surface area contributed by atoms with Gasteiger partial charge in [0.15, 0.2) is 0 Å². The van der Waals surface area contributed by atoms with Crippen LogP contribution in [0.5, 0.6) is 0 Å². The van der Waals surface area contributed by atoms with Crippen molar-refractivity contribution in [2.24, 2.45) is 0 Å². The molecule has 2 saturated heterocycles. The highest BCUT2D eigenvalue weighted by atomic mass is 31.2. The fraction of sp³-hybridized carbons (Fsp3) is 1.00. The van der Waals surface area contributed by atoms with Gasteiger partial charge < -0.3 is 0 Å². The Bertz CT molecular complexity index is 309. The Morgan fingerprint density at radius 1 is 0.773 bits per heavy atom. The molecule has 2 aliphatic heterocycles. The number of hydrogen-bond acceptors (Lipinski definition) is 0. The molecule has 0 aliphatic carbocycles. The standard InChI is InChI=1S/C20H40P2/c1-6-7-8-9-10-13-18(21-16-11-14-19(21,2)3)22-17-12-15-20(22,4)5/h18H,6-17H2,1-5H3. The van der Waals surface area contributed by atoms with Crippen LogP contribution in [0.3, 0.4) is 0 Å². The van der Waals surface area contributed by atoms with Gasteiger partial charge in [0, 0.05) is 5.40 Å². The fourth-order valence-corrected chi connectivity index (χ4v) is 15.0. The van der Waals surface area contributed by atoms with E-state index in [0.717, 1.165) is 5.40 Å². The molecule has 130 valence electrons. The van der Waals surface area contributed by atoms with E-state index in [1.165, 1.54) is 57.8 Å². The molecule has 2 aliphatic rings. The molecule has 2 heterocycles. The van der Waals surface area contributed by atoms with Gasteiger partial charge in [-0.25, -0.2) is 0 Å². The van der Waals surface area contributed by atoms with E-state index in [4.69, 9.17) is 0 Å². The molecule has 0 spiro atoms. The summed E-state index contributed by atoms with van der Waals surface area (Å²) in [5, 5.41) is 2.51. The van der Waals surface area contributed by atoms with Crippen molar-refractivity contribution in [3.63, 3.8) is 0 Å². The third kappa shape index (κ3) is 4.70. The van der Waals surface area contributed by atoms with Crippen LogP contribution in [0.4, 0.5) is 0 Å². The van der Waals surface area contributed by atoms with Crippen LogP contribution >= 0.6 is 15.8 Å². The Hall–Kier alpha value is 0.860. The van der Waals surface area contributed by atoms with Crippen LogP contribution < -0.4 is 0 Å². The van der Waals surface area contributed by atoms with Gasteiger partial charge in [0.2, 0.25) is 0 Å². The van der Waals surface area contributed by atoms with Gasteiger partial charge in [0.25, 0.3) is 0 Å². The summed E-state index contributed by atoms with van der Waals surface area (Å²) in [6.07, 6.45) is 18.2. The molecule has 2 fully saturated rings. The molecule has 2 unspecified atom stereocenters. The van der Waals surface area contributed by atoms with Crippen molar-refractivity contribution >= 4 is 15.8 Å². The van der Waals surface area contributed by atoms with Crippen molar-refractivity contribution < 1.29 is 0 Å². The van der Waals surface area contributed by atoms with Gasteiger partial charge in [-0.15, -0.1) is 0 Å². The van der Waals surface area contributed by atoms with E-state index in [2.05, 4.69) is 34.6 Å². The van der Waals surface area contributed by atoms with Crippen LogP contribution in [0.2, 0.25) is 0 Å². The predicted molar refractivity (Wildman–Crippen MR) is 107 cm³/mol. The van der Waals surface area contributed by atoms with E-state index >= 15 is 0 Å². The molecule has 2 heteroatoms. The SMILES string of the molecule is CCCCCCCC(P1CCCC1(C)C)P1CCCC1(C)C. The van der Waals surface area contributed by atoms with Crippen LogP contribution in [-0.4, -0.2) is 28.0 Å². The van der Waals surface area contributed by atoms with Gasteiger partial charge in [-0.1, -0.05) is 82.6 Å². The summed E-state index contributed by atoms with van der Waals surface area (Å²) in [6, 6.07) is 0. The number of rotatable bonds is 8. The van der Waals surface area contributed by atoms with E-state index in [1.54, 1.807) is 18.7 Å². The van der Waals surface area contributed by atoms with E-state index in [-0.39, 0.29) is 15.8 Å². The van der Waals surface area contributed by atoms with Crippen molar-refractivity contribution in [1.82, 2.24) is 0 Å². The third-order valence-corrected chi connectivity index (χ3v) is 15.0. The highest BCUT2D eigenvalue weighted by molar-refractivity contribution is 7.77. The molecule has 2 atom stereocenters. The summed E-state index contributed by atoms with van der Waals surface area (Å²) < 4.78 is 0. The van der Waals surface area contributed by atoms with Crippen molar-refractivity contribution in [2.75, 3.05) is 12.3 Å². The van der Waals surface area contributed by atoms with Gasteiger partial charge in [0.1, 0.15) is 0 Å². The van der Waals surface area contributed by atoms with Crippen molar-refractivity contribution in [3.05, 3.63) is 0 Å². The lowest BCUT2D eigenvalue weighted by Gasteiger charge is -2.43. The Labute approximate surface area is 143 Å². The normalized spacial score (nSPS) is 31.5. The summed E-state index contributed by atoms with van der Waals surface area (Å²) in [5.41, 5.74) is 0. The minimum Gasteiger partial charge on any atom is -0.0933 e. The Morgan fingerprint density at radius 3 is 1.68 bits per heavy atom. The lowest BCUT2D eigenvalue weighted by Crippen LogP contribution is -2.24. The largest absolute Gasteiger partial charge is 0.0933 e. The zero-order chi connectivity index (χ0) is 16.2. The first-order chi connectivity index (χ1) is 10.4. The van der Waals surface area contributed by atoms with E-state index in [1.807, 2.05) is 0 Å². The maximum atomic E-state index is 2.61. The molecule has 0 N–H and O–H groups in total. The van der Waals surface area contributed by atoms with Crippen LogP contribution in [0.1, 0.15) is 98.8 Å². The molecule has 0 aromatic carbocycles. The van der Waals surface area contributed by atoms with Crippen molar-refractivity contribution in [2.45, 2.75) is 115 Å². The summed E-state index contributed by atoms with van der Waals surface area (Å²) >= 11 is 0. The Kier molecular flexibility index (Phi) is 7.24. The second kappa shape index (κ2) is 8.30. The fourth-order valence-electron chi connectivity index (χ4n) is 4.77. The monoisotopic (exact) mass is 342 g/mol. The van der Waals surface area contributed by atoms with Gasteiger partial charge in [0.05, 0.1) is 0 Å². The first-order valence-electron chi connectivity index (χ1n) is 9.92. The first-order valence-corrected chi connectivity index (χ1v) is 13.1. The van der Waals surface area contributed by atoms with Crippen LogP contribution in [0.15, 0.2) is 0 Å². The molecule has 0 bridgehead atoms. The molecule has 0 radical (unpaired) electrons. The topological polar surface area (TPSA) is 0 Å². The molecule has 0 saturated carbocycles. The minimum absolute atomic E-state index is 0.283. The summed E-state index contributed by atoms with van der Waals surface area (Å²) in [7, 11) is 0.566. The van der Waals surface area contributed by atoms with Gasteiger partial charge in [-0.05, 0) is 54.7 Å². The molecule has 0 nitrogen and oxygen atoms in total. The van der Waals surface area contributed by atoms with Crippen LogP contribution in [0, 0.1) is 0 Å². The predicted octanol–water partition coefficient (Wildman–Crippen LogP) is 7.78. The Balaban J connectivity index is 2.01. The maximum Gasteiger partial charge on any atom is 0.000374 e. The first kappa shape index (κ1) is 19.2. The lowest BCUT2D eigenvalue weighted by molar-refractivity contribution is 0.611. The van der Waals surface area contributed by atoms with Crippen LogP contribution in [0.25, 0.3) is 0 Å². The zero-order valence-corrected chi connectivity index (χ0v) is 17.7. The van der Waals surface area contributed by atoms with Gasteiger partial charge >= 0.3 is 0 Å². The molecule has 0 amide bonds. The molecule has 0 aromatic rings. The van der Waals surface area contributed by atoms with E-state index in [9.17, 15) is 0 Å². The van der Waals surface area contributed by atoms with Gasteiger partial charge in [-0.2, -0.15) is 0 Å². The zero-order valence-electron chi connectivity index (χ0n) is 16.0. The summed E-state index contributed by atoms with van der Waals surface area (Å²) in [4.78, 5) is 0. The quantitative estimate of drug-likeness (QED) is 0.312. The Morgan fingerprint density at radius 2 is 1.27 bits per heavy atom. The van der Waals surface area contributed by atoms with Gasteiger partial charge in [-0.3, -0.25) is 0 Å². The highest BCUT2D eigenvalue weighted by Gasteiger charge is 2.46. The number of unbranched alkanes of at least 4 members (excludes halogenated alkanes) is 4. The summed E-state index contributed by atoms with van der Waals surface area (Å²) in [6.45, 7) is 12.8.